The number of piperidine rings is 1. The molecule has 3 heterocycles. The normalized spacial score (nSPS) is 25.4. The number of urea groups is 1. The molecule has 0 aromatic carbocycles. The second kappa shape index (κ2) is 7.40. The summed E-state index contributed by atoms with van der Waals surface area (Å²) in [7, 11) is 0. The molecule has 0 unspecified atom stereocenters. The predicted octanol–water partition coefficient (Wildman–Crippen LogP) is 2.55. The fraction of sp³-hybridized carbons (Fsp3) is 0.750. The number of carbonyl (C=O) groups excluding carboxylic acids is 1. The monoisotopic (exact) mass is 322 g/mol. The topological polar surface area (TPSA) is 50.2 Å². The van der Waals surface area contributed by atoms with Crippen LogP contribution in [0.1, 0.15) is 38.1 Å². The average Bonchev–Trinajstić information content (AvgIpc) is 3.23. The van der Waals surface area contributed by atoms with Crippen molar-refractivity contribution in [3.63, 3.8) is 0 Å². The Balaban J connectivity index is 1.54. The van der Waals surface area contributed by atoms with Gasteiger partial charge in [-0.1, -0.05) is 6.92 Å². The summed E-state index contributed by atoms with van der Waals surface area (Å²) in [6.07, 6.45) is 8.30. The maximum absolute atomic E-state index is 12.4. The van der Waals surface area contributed by atoms with Crippen molar-refractivity contribution in [3.05, 3.63) is 18.2 Å². The van der Waals surface area contributed by atoms with Crippen LogP contribution >= 0.6 is 11.8 Å². The maximum atomic E-state index is 12.4. The van der Waals surface area contributed by atoms with Crippen molar-refractivity contribution in [2.24, 2.45) is 5.92 Å². The van der Waals surface area contributed by atoms with Crippen LogP contribution in [0.5, 0.6) is 0 Å². The van der Waals surface area contributed by atoms with Gasteiger partial charge in [0.1, 0.15) is 5.82 Å². The van der Waals surface area contributed by atoms with E-state index in [9.17, 15) is 4.79 Å². The number of hydrogen-bond acceptors (Lipinski definition) is 3. The van der Waals surface area contributed by atoms with E-state index in [4.69, 9.17) is 0 Å². The number of aromatic nitrogens is 2. The smallest absolute Gasteiger partial charge is 0.317 e. The summed E-state index contributed by atoms with van der Waals surface area (Å²) in [6, 6.07) is 0.485. The number of nitrogens with zero attached hydrogens (tertiary/aromatic N) is 3. The second-order valence-corrected chi connectivity index (χ2v) is 7.41. The van der Waals surface area contributed by atoms with E-state index < -0.39 is 0 Å². The zero-order chi connectivity index (χ0) is 15.4. The number of imidazole rings is 1. The fourth-order valence-corrected chi connectivity index (χ4v) is 4.69. The van der Waals surface area contributed by atoms with Crippen molar-refractivity contribution >= 4 is 17.8 Å². The molecule has 0 aliphatic carbocycles. The minimum atomic E-state index is 0.111. The van der Waals surface area contributed by atoms with E-state index in [0.717, 1.165) is 44.7 Å². The molecular formula is C16H26N4OS. The molecule has 1 N–H and O–H groups in total. The third-order valence-corrected chi connectivity index (χ3v) is 5.94. The van der Waals surface area contributed by atoms with Crippen LogP contribution < -0.4 is 5.32 Å². The van der Waals surface area contributed by atoms with Crippen molar-refractivity contribution in [1.82, 2.24) is 19.8 Å². The lowest BCUT2D eigenvalue weighted by Gasteiger charge is -2.34. The molecule has 0 spiro atoms. The van der Waals surface area contributed by atoms with Crippen molar-refractivity contribution < 1.29 is 4.79 Å². The first-order chi connectivity index (χ1) is 10.8. The molecule has 0 radical (unpaired) electrons. The minimum Gasteiger partial charge on any atom is -0.338 e. The number of thioether (sulfide) groups is 1. The molecule has 5 nitrogen and oxygen atoms in total. The van der Waals surface area contributed by atoms with Crippen molar-refractivity contribution in [2.75, 3.05) is 31.1 Å². The Morgan fingerprint density at radius 1 is 1.50 bits per heavy atom. The number of likely N-dealkylation sites (tertiary alicyclic amines) is 1. The minimum absolute atomic E-state index is 0.111. The van der Waals surface area contributed by atoms with Gasteiger partial charge in [-0.05, 0) is 36.7 Å². The molecule has 2 aliphatic heterocycles. The average molecular weight is 322 g/mol. The molecular weight excluding hydrogens is 296 g/mol. The number of aryl methyl sites for hydroxylation is 1. The first kappa shape index (κ1) is 15.7. The number of rotatable bonds is 4. The molecule has 0 saturated carbocycles. The number of hydrogen-bond donors (Lipinski definition) is 1. The number of carbonyl (C=O) groups is 1. The van der Waals surface area contributed by atoms with E-state index in [1.54, 1.807) is 0 Å². The Labute approximate surface area is 136 Å². The van der Waals surface area contributed by atoms with Gasteiger partial charge in [0.05, 0.1) is 6.04 Å². The molecule has 0 bridgehead atoms. The SMILES string of the molecule is CCc1nccn1[C@H]1CCCN(C(=O)NC[C@H]2CCSC2)C1. The molecule has 2 fully saturated rings. The Bertz CT molecular complexity index is 498. The Hall–Kier alpha value is -1.17. The molecule has 2 saturated heterocycles. The van der Waals surface area contributed by atoms with Crippen LogP contribution in [0.2, 0.25) is 0 Å². The van der Waals surface area contributed by atoms with Crippen LogP contribution in [0.25, 0.3) is 0 Å². The van der Waals surface area contributed by atoms with Crippen LogP contribution in [-0.2, 0) is 6.42 Å². The van der Waals surface area contributed by atoms with Gasteiger partial charge < -0.3 is 14.8 Å². The van der Waals surface area contributed by atoms with E-state index in [1.165, 1.54) is 17.9 Å². The molecule has 2 atom stereocenters. The highest BCUT2D eigenvalue weighted by atomic mass is 32.2. The zero-order valence-corrected chi connectivity index (χ0v) is 14.1. The highest BCUT2D eigenvalue weighted by molar-refractivity contribution is 7.99. The summed E-state index contributed by atoms with van der Waals surface area (Å²) in [5, 5.41) is 3.14. The van der Waals surface area contributed by atoms with Gasteiger partial charge in [0.2, 0.25) is 0 Å². The lowest BCUT2D eigenvalue weighted by Crippen LogP contribution is -2.47. The first-order valence-electron chi connectivity index (χ1n) is 8.40. The summed E-state index contributed by atoms with van der Waals surface area (Å²) < 4.78 is 2.26. The highest BCUT2D eigenvalue weighted by Gasteiger charge is 2.26. The molecule has 6 heteroatoms. The molecule has 1 aromatic heterocycles. The molecule has 2 aliphatic rings. The number of amides is 2. The van der Waals surface area contributed by atoms with Gasteiger partial charge in [0.15, 0.2) is 0 Å². The Morgan fingerprint density at radius 3 is 3.18 bits per heavy atom. The van der Waals surface area contributed by atoms with Crippen LogP contribution in [-0.4, -0.2) is 51.6 Å². The summed E-state index contributed by atoms with van der Waals surface area (Å²) >= 11 is 2.00. The lowest BCUT2D eigenvalue weighted by atomic mass is 10.1. The fourth-order valence-electron chi connectivity index (χ4n) is 3.40. The molecule has 2 amide bonds. The van der Waals surface area contributed by atoms with Gasteiger partial charge in [-0.3, -0.25) is 0 Å². The third-order valence-electron chi connectivity index (χ3n) is 4.71. The maximum Gasteiger partial charge on any atom is 0.317 e. The highest BCUT2D eigenvalue weighted by Crippen LogP contribution is 2.24. The van der Waals surface area contributed by atoms with Crippen LogP contribution in [0.15, 0.2) is 12.4 Å². The van der Waals surface area contributed by atoms with Gasteiger partial charge in [-0.2, -0.15) is 11.8 Å². The predicted molar refractivity (Wildman–Crippen MR) is 90.3 cm³/mol. The number of nitrogens with one attached hydrogen (secondary N) is 1. The summed E-state index contributed by atoms with van der Waals surface area (Å²) in [5.74, 6) is 4.22. The largest absolute Gasteiger partial charge is 0.338 e. The molecule has 1 aromatic rings. The van der Waals surface area contributed by atoms with Crippen molar-refractivity contribution in [1.29, 1.82) is 0 Å². The van der Waals surface area contributed by atoms with Crippen LogP contribution in [0.3, 0.4) is 0 Å². The Kier molecular flexibility index (Phi) is 5.28. The van der Waals surface area contributed by atoms with Gasteiger partial charge in [0.25, 0.3) is 0 Å². The van der Waals surface area contributed by atoms with Crippen LogP contribution in [0, 0.1) is 5.92 Å². The van der Waals surface area contributed by atoms with Gasteiger partial charge in [0, 0.05) is 38.4 Å². The van der Waals surface area contributed by atoms with Gasteiger partial charge in [-0.25, -0.2) is 9.78 Å². The van der Waals surface area contributed by atoms with Crippen LogP contribution in [0.4, 0.5) is 4.79 Å². The summed E-state index contributed by atoms with van der Waals surface area (Å²) in [4.78, 5) is 18.8. The first-order valence-corrected chi connectivity index (χ1v) is 9.55. The van der Waals surface area contributed by atoms with E-state index in [-0.39, 0.29) is 6.03 Å². The third kappa shape index (κ3) is 3.59. The second-order valence-electron chi connectivity index (χ2n) is 6.26. The van der Waals surface area contributed by atoms with Crippen molar-refractivity contribution in [2.45, 2.75) is 38.6 Å². The van der Waals surface area contributed by atoms with Gasteiger partial charge >= 0.3 is 6.03 Å². The lowest BCUT2D eigenvalue weighted by molar-refractivity contribution is 0.165. The zero-order valence-electron chi connectivity index (χ0n) is 13.3. The molecule has 122 valence electrons. The standard InChI is InChI=1S/C16H26N4OS/c1-2-15-17-6-8-20(15)14-4-3-7-19(11-14)16(21)18-10-13-5-9-22-12-13/h6,8,13-14H,2-5,7,9-12H2,1H3,(H,18,21)/t13-,14+/m1/s1. The molecule has 3 rings (SSSR count). The quantitative estimate of drug-likeness (QED) is 0.927. The Morgan fingerprint density at radius 2 is 2.41 bits per heavy atom. The van der Waals surface area contributed by atoms with E-state index >= 15 is 0 Å². The van der Waals surface area contributed by atoms with E-state index in [1.807, 2.05) is 22.9 Å². The summed E-state index contributed by atoms with van der Waals surface area (Å²) in [5.41, 5.74) is 0. The van der Waals surface area contributed by atoms with Crippen molar-refractivity contribution in [3.8, 4) is 0 Å². The van der Waals surface area contributed by atoms with Gasteiger partial charge in [-0.15, -0.1) is 0 Å². The van der Waals surface area contributed by atoms with E-state index in [2.05, 4.69) is 28.0 Å². The van der Waals surface area contributed by atoms with E-state index in [0.29, 0.717) is 12.0 Å². The molecule has 22 heavy (non-hydrogen) atoms. The summed E-state index contributed by atoms with van der Waals surface area (Å²) in [6.45, 7) is 4.64.